The molecule has 5 nitrogen and oxygen atoms in total. The number of primary amides is 1. The summed E-state index contributed by atoms with van der Waals surface area (Å²) in [5.74, 6) is 0.314. The highest BCUT2D eigenvalue weighted by Gasteiger charge is 2.47. The zero-order valence-electron chi connectivity index (χ0n) is 14.9. The molecule has 1 unspecified atom stereocenters. The van der Waals surface area contributed by atoms with Gasteiger partial charge >= 0.3 is 0 Å². The second-order valence-electron chi connectivity index (χ2n) is 7.89. The van der Waals surface area contributed by atoms with E-state index >= 15 is 0 Å². The quantitative estimate of drug-likeness (QED) is 0.910. The lowest BCUT2D eigenvalue weighted by Crippen LogP contribution is -2.58. The van der Waals surface area contributed by atoms with Crippen LogP contribution in [0.4, 0.5) is 0 Å². The van der Waals surface area contributed by atoms with Crippen molar-refractivity contribution in [3.8, 4) is 0 Å². The molecule has 1 heterocycles. The Morgan fingerprint density at radius 3 is 2.40 bits per heavy atom. The van der Waals surface area contributed by atoms with Gasteiger partial charge in [0.1, 0.15) is 0 Å². The summed E-state index contributed by atoms with van der Waals surface area (Å²) in [5.41, 5.74) is 6.95. The Kier molecular flexibility index (Phi) is 4.28. The van der Waals surface area contributed by atoms with Crippen molar-refractivity contribution in [1.82, 2.24) is 9.80 Å². The molecule has 0 spiro atoms. The molecule has 2 aliphatic carbocycles. The van der Waals surface area contributed by atoms with E-state index in [1.807, 2.05) is 12.1 Å². The third-order valence-corrected chi connectivity index (χ3v) is 6.27. The first-order valence-corrected chi connectivity index (χ1v) is 9.49. The minimum atomic E-state index is -0.409. The van der Waals surface area contributed by atoms with Gasteiger partial charge in [0.15, 0.2) is 0 Å². The molecule has 5 heteroatoms. The summed E-state index contributed by atoms with van der Waals surface area (Å²) < 4.78 is 0. The molecule has 2 amide bonds. The summed E-state index contributed by atoms with van der Waals surface area (Å²) in [4.78, 5) is 28.7. The van der Waals surface area contributed by atoms with Crippen molar-refractivity contribution >= 4 is 11.8 Å². The van der Waals surface area contributed by atoms with Crippen LogP contribution in [-0.2, 0) is 4.79 Å². The van der Waals surface area contributed by atoms with Crippen molar-refractivity contribution in [3.63, 3.8) is 0 Å². The summed E-state index contributed by atoms with van der Waals surface area (Å²) in [6.45, 7) is 5.00. The Bertz CT molecular complexity index is 668. The number of hydrogen-bond donors (Lipinski definition) is 1. The molecule has 1 aliphatic heterocycles. The third-order valence-electron chi connectivity index (χ3n) is 6.27. The van der Waals surface area contributed by atoms with E-state index < -0.39 is 5.91 Å². The van der Waals surface area contributed by atoms with Crippen LogP contribution in [0.1, 0.15) is 54.4 Å². The second kappa shape index (κ2) is 6.45. The van der Waals surface area contributed by atoms with Crippen molar-refractivity contribution in [3.05, 3.63) is 35.4 Å². The van der Waals surface area contributed by atoms with E-state index in [1.54, 1.807) is 12.1 Å². The number of nitrogens with zero attached hydrogens (tertiary/aromatic N) is 2. The lowest BCUT2D eigenvalue weighted by atomic mass is 9.89. The molecule has 1 saturated heterocycles. The SMILES string of the molecule is C[C@@H]1CN(C(=O)[C@H]2CC2c2ccc(C(N)=O)cc2)CCN1C1CCC1. The van der Waals surface area contributed by atoms with Crippen LogP contribution in [0.5, 0.6) is 0 Å². The van der Waals surface area contributed by atoms with Gasteiger partial charge in [0, 0.05) is 43.2 Å². The van der Waals surface area contributed by atoms with Gasteiger partial charge in [-0.25, -0.2) is 0 Å². The van der Waals surface area contributed by atoms with Crippen molar-refractivity contribution in [2.24, 2.45) is 11.7 Å². The number of hydrogen-bond acceptors (Lipinski definition) is 3. The van der Waals surface area contributed by atoms with Crippen LogP contribution in [0.3, 0.4) is 0 Å². The summed E-state index contributed by atoms with van der Waals surface area (Å²) in [6, 6.07) is 8.62. The van der Waals surface area contributed by atoms with E-state index in [4.69, 9.17) is 5.73 Å². The first kappa shape index (κ1) is 16.6. The smallest absolute Gasteiger partial charge is 0.248 e. The van der Waals surface area contributed by atoms with Gasteiger partial charge in [0.25, 0.3) is 0 Å². The molecule has 25 heavy (non-hydrogen) atoms. The minimum absolute atomic E-state index is 0.113. The Morgan fingerprint density at radius 2 is 1.84 bits per heavy atom. The van der Waals surface area contributed by atoms with Gasteiger partial charge in [-0.05, 0) is 49.8 Å². The highest BCUT2D eigenvalue weighted by atomic mass is 16.2. The van der Waals surface area contributed by atoms with Crippen LogP contribution in [0.2, 0.25) is 0 Å². The zero-order valence-corrected chi connectivity index (χ0v) is 14.9. The number of carbonyl (C=O) groups excluding carboxylic acids is 2. The fourth-order valence-corrected chi connectivity index (χ4v) is 4.40. The standard InChI is InChI=1S/C20H27N3O2/c1-13-12-22(9-10-23(13)16-3-2-4-16)20(25)18-11-17(18)14-5-7-15(8-6-14)19(21)24/h5-8,13,16-18H,2-4,9-12H2,1H3,(H2,21,24)/t13-,17?,18+/m1/s1. The van der Waals surface area contributed by atoms with Gasteiger partial charge in [-0.2, -0.15) is 0 Å². The first-order valence-electron chi connectivity index (χ1n) is 9.49. The Labute approximate surface area is 149 Å². The van der Waals surface area contributed by atoms with Crippen LogP contribution in [0, 0.1) is 5.92 Å². The topological polar surface area (TPSA) is 66.6 Å². The molecule has 0 aromatic heterocycles. The van der Waals surface area contributed by atoms with E-state index in [0.717, 1.165) is 37.7 Å². The maximum atomic E-state index is 12.9. The van der Waals surface area contributed by atoms with E-state index in [9.17, 15) is 9.59 Å². The molecule has 2 saturated carbocycles. The number of nitrogens with two attached hydrogens (primary N) is 1. The summed E-state index contributed by atoms with van der Waals surface area (Å²) in [7, 11) is 0. The van der Waals surface area contributed by atoms with Crippen molar-refractivity contribution in [2.45, 2.75) is 50.6 Å². The summed E-state index contributed by atoms with van der Waals surface area (Å²) >= 11 is 0. The lowest BCUT2D eigenvalue weighted by Gasteiger charge is -2.47. The predicted octanol–water partition coefficient (Wildman–Crippen LogP) is 1.97. The highest BCUT2D eigenvalue weighted by molar-refractivity contribution is 5.92. The first-order chi connectivity index (χ1) is 12.0. The molecule has 3 fully saturated rings. The molecule has 3 atom stereocenters. The van der Waals surface area contributed by atoms with Crippen molar-refractivity contribution < 1.29 is 9.59 Å². The third kappa shape index (κ3) is 3.17. The molecule has 2 N–H and O–H groups in total. The van der Waals surface area contributed by atoms with Gasteiger partial charge in [0.05, 0.1) is 0 Å². The van der Waals surface area contributed by atoms with Crippen LogP contribution in [0.25, 0.3) is 0 Å². The molecular formula is C20H27N3O2. The van der Waals surface area contributed by atoms with Crippen LogP contribution < -0.4 is 5.73 Å². The molecule has 3 aliphatic rings. The fraction of sp³-hybridized carbons (Fsp3) is 0.600. The van der Waals surface area contributed by atoms with E-state index in [0.29, 0.717) is 23.4 Å². The van der Waals surface area contributed by atoms with Gasteiger partial charge in [-0.1, -0.05) is 18.6 Å². The van der Waals surface area contributed by atoms with Gasteiger partial charge in [-0.3, -0.25) is 14.5 Å². The maximum absolute atomic E-state index is 12.9. The Hall–Kier alpha value is -1.88. The average Bonchev–Trinajstić information content (AvgIpc) is 3.35. The lowest BCUT2D eigenvalue weighted by molar-refractivity contribution is -0.136. The van der Waals surface area contributed by atoms with Crippen molar-refractivity contribution in [2.75, 3.05) is 19.6 Å². The van der Waals surface area contributed by atoms with Gasteiger partial charge < -0.3 is 10.6 Å². The summed E-state index contributed by atoms with van der Waals surface area (Å²) in [6.07, 6.45) is 4.93. The molecule has 1 aromatic carbocycles. The number of benzene rings is 1. The maximum Gasteiger partial charge on any atom is 0.248 e. The second-order valence-corrected chi connectivity index (χ2v) is 7.89. The summed E-state index contributed by atoms with van der Waals surface area (Å²) in [5, 5.41) is 0. The predicted molar refractivity (Wildman–Crippen MR) is 96.2 cm³/mol. The molecular weight excluding hydrogens is 314 g/mol. The monoisotopic (exact) mass is 341 g/mol. The minimum Gasteiger partial charge on any atom is -0.366 e. The largest absolute Gasteiger partial charge is 0.366 e. The number of carbonyl (C=O) groups is 2. The van der Waals surface area contributed by atoms with Gasteiger partial charge in [0.2, 0.25) is 11.8 Å². The van der Waals surface area contributed by atoms with Crippen LogP contribution in [-0.4, -0.2) is 53.3 Å². The average molecular weight is 341 g/mol. The number of amides is 2. The zero-order chi connectivity index (χ0) is 17.6. The van der Waals surface area contributed by atoms with E-state index in [2.05, 4.69) is 16.7 Å². The molecule has 0 bridgehead atoms. The number of piperazine rings is 1. The Morgan fingerprint density at radius 1 is 1.12 bits per heavy atom. The normalized spacial score (nSPS) is 30.0. The molecule has 0 radical (unpaired) electrons. The van der Waals surface area contributed by atoms with Gasteiger partial charge in [-0.15, -0.1) is 0 Å². The fourth-order valence-electron chi connectivity index (χ4n) is 4.40. The van der Waals surface area contributed by atoms with E-state index in [1.165, 1.54) is 19.3 Å². The molecule has 134 valence electrons. The highest BCUT2D eigenvalue weighted by Crippen LogP contribution is 2.48. The van der Waals surface area contributed by atoms with Crippen molar-refractivity contribution in [1.29, 1.82) is 0 Å². The number of rotatable bonds is 4. The van der Waals surface area contributed by atoms with Crippen LogP contribution >= 0.6 is 0 Å². The Balaban J connectivity index is 1.34. The van der Waals surface area contributed by atoms with E-state index in [-0.39, 0.29) is 5.92 Å². The molecule has 1 aromatic rings. The van der Waals surface area contributed by atoms with Crippen LogP contribution in [0.15, 0.2) is 24.3 Å². The molecule has 4 rings (SSSR count).